The minimum atomic E-state index is -6.53. The van der Waals surface area contributed by atoms with Crippen LogP contribution in [0.15, 0.2) is 20.9 Å². The molecule has 1 aliphatic heterocycles. The molecular weight excluding hydrogens is 541 g/mol. The first-order valence-corrected chi connectivity index (χ1v) is 14.2. The van der Waals surface area contributed by atoms with Gasteiger partial charge in [0.2, 0.25) is 0 Å². The molecule has 0 bridgehead atoms. The number of nitrogens with zero attached hydrogens (tertiary/aromatic N) is 4. The summed E-state index contributed by atoms with van der Waals surface area (Å²) in [6, 6.07) is -1.08. The zero-order valence-electron chi connectivity index (χ0n) is 16.2. The number of hydrogen-bond donors (Lipinski definition) is 5. The van der Waals surface area contributed by atoms with E-state index in [2.05, 4.69) is 30.7 Å². The highest BCUT2D eigenvalue weighted by atomic mass is 32.5. The van der Waals surface area contributed by atoms with E-state index in [1.54, 1.807) is 0 Å². The smallest absolute Gasteiger partial charge is 0.352 e. The van der Waals surface area contributed by atoms with Crippen molar-refractivity contribution in [2.75, 3.05) is 6.61 Å². The number of halogens is 2. The summed E-state index contributed by atoms with van der Waals surface area (Å²) in [5, 5.41) is -2.18. The summed E-state index contributed by atoms with van der Waals surface area (Å²) in [4.78, 5) is 64.4. The van der Waals surface area contributed by atoms with Crippen molar-refractivity contribution in [2.45, 2.75) is 37.1 Å². The Labute approximate surface area is 186 Å². The van der Waals surface area contributed by atoms with E-state index in [1.807, 2.05) is 4.98 Å². The van der Waals surface area contributed by atoms with Crippen molar-refractivity contribution in [3.05, 3.63) is 43.0 Å². The lowest BCUT2D eigenvalue weighted by Crippen LogP contribution is -2.33. The first-order chi connectivity index (χ1) is 14.9. The van der Waals surface area contributed by atoms with E-state index in [-0.39, 0.29) is 12.0 Å². The Morgan fingerprint density at radius 3 is 2.55 bits per heavy atom. The first-order valence-electron chi connectivity index (χ1n) is 8.38. The zero-order chi connectivity index (χ0) is 25.4. The average molecular weight is 557 g/mol. The fourth-order valence-electron chi connectivity index (χ4n) is 2.57. The number of H-pyrrole nitrogens is 1. The molecule has 1 aromatic rings. The quantitative estimate of drug-likeness (QED) is 0.123. The summed E-state index contributed by atoms with van der Waals surface area (Å²) in [5.74, 6) is 0. The molecule has 1 aromatic heterocycles. The van der Waals surface area contributed by atoms with Gasteiger partial charge < -0.3 is 28.8 Å². The Morgan fingerprint density at radius 2 is 2.00 bits per heavy atom. The Kier molecular flexibility index (Phi) is 8.24. The number of nitrogens with one attached hydrogen (secondary N) is 1. The molecule has 186 valence electrons. The van der Waals surface area contributed by atoms with Crippen LogP contribution in [0.25, 0.3) is 10.4 Å². The molecular formula is C11H16F2N5O11P3S. The van der Waals surface area contributed by atoms with E-state index in [9.17, 15) is 37.3 Å². The fourth-order valence-corrected chi connectivity index (χ4v) is 7.25. The predicted octanol–water partition coefficient (Wildman–Crippen LogP) is 0.975. The Balaban J connectivity index is 2.19. The van der Waals surface area contributed by atoms with Crippen molar-refractivity contribution in [2.24, 2.45) is 5.11 Å². The lowest BCUT2D eigenvalue weighted by molar-refractivity contribution is -0.0243. The molecule has 16 nitrogen and oxygen atoms in total. The van der Waals surface area contributed by atoms with E-state index in [4.69, 9.17) is 20.1 Å². The van der Waals surface area contributed by atoms with Crippen LogP contribution in [0.3, 0.4) is 0 Å². The molecule has 0 radical (unpaired) electrons. The van der Waals surface area contributed by atoms with Gasteiger partial charge in [-0.25, -0.2) is 9.11 Å². The second-order valence-corrected chi connectivity index (χ2v) is 13.4. The normalized spacial score (nSPS) is 25.1. The second-order valence-electron chi connectivity index (χ2n) is 6.54. The van der Waals surface area contributed by atoms with Crippen LogP contribution >= 0.6 is 21.9 Å². The van der Waals surface area contributed by atoms with E-state index >= 15 is 0 Å². The molecule has 0 aliphatic carbocycles. The number of hydrogen-bond acceptors (Lipinski definition) is 9. The minimum Gasteiger partial charge on any atom is -0.352 e. The molecule has 0 aromatic carbocycles. The van der Waals surface area contributed by atoms with Gasteiger partial charge in [0.05, 0.1) is 18.8 Å². The standard InChI is InChI=1S/C11H16F2N5O11P3S/c1-5-3-18(10(20)15-9(5)19)8-2-6(16-17-14)7(28-8)4-27-32(26,33)29-31(24,25)11(12,13)30(21,22)23/h3,6-8H,2,4H2,1H3,(H,24,25)(H,26,33)(H,15,19,20)(H2,21,22,23)/t6-,7-,8-,32?/m1/s1. The van der Waals surface area contributed by atoms with Gasteiger partial charge in [-0.15, -0.1) is 0 Å². The number of azide groups is 1. The van der Waals surface area contributed by atoms with E-state index in [0.29, 0.717) is 0 Å². The van der Waals surface area contributed by atoms with Crippen LogP contribution in [-0.2, 0) is 34.5 Å². The summed E-state index contributed by atoms with van der Waals surface area (Å²) >= 11 is 4.35. The second kappa shape index (κ2) is 9.74. The van der Waals surface area contributed by atoms with Crippen LogP contribution in [0.2, 0.25) is 0 Å². The summed E-state index contributed by atoms with van der Waals surface area (Å²) in [6.07, 6.45) is -1.39. The van der Waals surface area contributed by atoms with Gasteiger partial charge in [0.25, 0.3) is 5.56 Å². The lowest BCUT2D eigenvalue weighted by atomic mass is 10.1. The van der Waals surface area contributed by atoms with Crippen molar-refractivity contribution in [1.82, 2.24) is 9.55 Å². The number of aryl methyl sites for hydroxylation is 1. The first kappa shape index (κ1) is 27.9. The minimum absolute atomic E-state index is 0.141. The summed E-state index contributed by atoms with van der Waals surface area (Å²) < 4.78 is 64.5. The number of aromatic nitrogens is 2. The zero-order valence-corrected chi connectivity index (χ0v) is 19.7. The largest absolute Gasteiger partial charge is 0.444 e. The maximum Gasteiger partial charge on any atom is 0.444 e. The van der Waals surface area contributed by atoms with Crippen molar-refractivity contribution in [1.29, 1.82) is 0 Å². The Bertz CT molecular complexity index is 1230. The van der Waals surface area contributed by atoms with Crippen molar-refractivity contribution in [3.63, 3.8) is 0 Å². The third kappa shape index (κ3) is 6.22. The molecule has 5 atom stereocenters. The van der Waals surface area contributed by atoms with Crippen LogP contribution < -0.4 is 11.2 Å². The summed E-state index contributed by atoms with van der Waals surface area (Å²) in [7, 11) is -13.0. The molecule has 0 amide bonds. The van der Waals surface area contributed by atoms with Gasteiger partial charge in [-0.05, 0) is 24.3 Å². The fraction of sp³-hybridized carbons (Fsp3) is 0.636. The molecule has 2 unspecified atom stereocenters. The van der Waals surface area contributed by atoms with Crippen LogP contribution in [-0.4, -0.2) is 53.3 Å². The maximum atomic E-state index is 13.5. The van der Waals surface area contributed by atoms with E-state index in [0.717, 1.165) is 10.8 Å². The van der Waals surface area contributed by atoms with Gasteiger partial charge >= 0.3 is 33.0 Å². The predicted molar refractivity (Wildman–Crippen MR) is 108 cm³/mol. The molecule has 5 N–H and O–H groups in total. The molecule has 2 heterocycles. The SMILES string of the molecule is Cc1cn([C@H]2C[C@@H](N=[N+]=[N-])[C@@H](COP(O)(=S)OP(=O)(O)C(F)(F)P(=O)(O)O)O2)c(=O)[nH]c1=O. The molecule has 1 saturated heterocycles. The van der Waals surface area contributed by atoms with Gasteiger partial charge in [-0.2, -0.15) is 8.78 Å². The van der Waals surface area contributed by atoms with Gasteiger partial charge in [0, 0.05) is 23.1 Å². The third-order valence-corrected chi connectivity index (χ3v) is 10.2. The topological polar surface area (TPSA) is 246 Å². The van der Waals surface area contributed by atoms with Crippen molar-refractivity contribution < 1.29 is 51.1 Å². The highest BCUT2D eigenvalue weighted by Crippen LogP contribution is 2.77. The van der Waals surface area contributed by atoms with Crippen molar-refractivity contribution >= 4 is 33.7 Å². The summed E-state index contributed by atoms with van der Waals surface area (Å²) in [5.41, 5.74) is 7.33. The van der Waals surface area contributed by atoms with Crippen LogP contribution in [0.5, 0.6) is 0 Å². The summed E-state index contributed by atoms with van der Waals surface area (Å²) in [6.45, 7) is -4.50. The highest BCUT2D eigenvalue weighted by molar-refractivity contribution is 8.08. The average Bonchev–Trinajstić information content (AvgIpc) is 3.04. The maximum absolute atomic E-state index is 13.5. The highest BCUT2D eigenvalue weighted by Gasteiger charge is 2.66. The molecule has 0 saturated carbocycles. The van der Waals surface area contributed by atoms with Gasteiger partial charge in [0.1, 0.15) is 6.23 Å². The number of aromatic amines is 1. The molecule has 2 rings (SSSR count). The molecule has 1 aliphatic rings. The Hall–Kier alpha value is -1.32. The number of alkyl halides is 2. The Morgan fingerprint density at radius 1 is 1.39 bits per heavy atom. The third-order valence-electron chi connectivity index (χ3n) is 4.17. The van der Waals surface area contributed by atoms with Crippen LogP contribution in [0.1, 0.15) is 18.2 Å². The lowest BCUT2D eigenvalue weighted by Gasteiger charge is -2.26. The number of rotatable bonds is 9. The van der Waals surface area contributed by atoms with Gasteiger partial charge in [0.15, 0.2) is 0 Å². The van der Waals surface area contributed by atoms with Crippen molar-refractivity contribution in [3.8, 4) is 0 Å². The molecule has 1 fully saturated rings. The van der Waals surface area contributed by atoms with Gasteiger partial charge in [-0.3, -0.25) is 23.5 Å². The molecule has 22 heteroatoms. The molecule has 0 spiro atoms. The monoisotopic (exact) mass is 557 g/mol. The van der Waals surface area contributed by atoms with Crippen LogP contribution in [0.4, 0.5) is 8.78 Å². The molecule has 33 heavy (non-hydrogen) atoms. The van der Waals surface area contributed by atoms with Crippen LogP contribution in [0, 0.1) is 6.92 Å². The number of ether oxygens (including phenoxy) is 1. The van der Waals surface area contributed by atoms with E-state index in [1.165, 1.54) is 6.92 Å². The van der Waals surface area contributed by atoms with E-state index < -0.39 is 63.5 Å². The van der Waals surface area contributed by atoms with Gasteiger partial charge in [-0.1, -0.05) is 5.11 Å².